The van der Waals surface area contributed by atoms with Crippen molar-refractivity contribution in [3.8, 4) is 11.5 Å². The second-order valence-corrected chi connectivity index (χ2v) is 7.53. The fraction of sp³-hybridized carbons (Fsp3) is 0.280. The summed E-state index contributed by atoms with van der Waals surface area (Å²) in [6.45, 7) is 6.38. The molecule has 3 aromatic rings. The maximum Gasteiger partial charge on any atom is 0.586 e. The van der Waals surface area contributed by atoms with Gasteiger partial charge in [-0.1, -0.05) is 63.3 Å². The normalized spacial score (nSPS) is 14.6. The number of hydrogen-bond acceptors (Lipinski definition) is 2. The third-order valence-electron chi connectivity index (χ3n) is 4.56. The maximum absolute atomic E-state index is 12.7. The van der Waals surface area contributed by atoms with Crippen molar-refractivity contribution in [3.63, 3.8) is 0 Å². The van der Waals surface area contributed by atoms with Crippen LogP contribution in [0, 0.1) is 5.92 Å². The van der Waals surface area contributed by atoms with E-state index >= 15 is 0 Å². The quantitative estimate of drug-likeness (QED) is 0.450. The van der Waals surface area contributed by atoms with Gasteiger partial charge in [0.15, 0.2) is 11.5 Å². The van der Waals surface area contributed by atoms with Gasteiger partial charge in [0.1, 0.15) is 0 Å². The first kappa shape index (κ1) is 21.6. The predicted octanol–water partition coefficient (Wildman–Crippen LogP) is 7.28. The van der Waals surface area contributed by atoms with Crippen LogP contribution < -0.4 is 9.47 Å². The van der Waals surface area contributed by atoms with Gasteiger partial charge < -0.3 is 14.0 Å². The van der Waals surface area contributed by atoms with Gasteiger partial charge in [-0.25, -0.2) is 0 Å². The number of halogens is 2. The number of aromatic nitrogens is 1. The van der Waals surface area contributed by atoms with E-state index in [-0.39, 0.29) is 11.5 Å². The molecule has 5 heteroatoms. The maximum atomic E-state index is 12.7. The van der Waals surface area contributed by atoms with Crippen molar-refractivity contribution in [1.29, 1.82) is 0 Å². The topological polar surface area (TPSA) is 23.4 Å². The fourth-order valence-corrected chi connectivity index (χ4v) is 3.01. The summed E-state index contributed by atoms with van der Waals surface area (Å²) in [5.41, 5.74) is 3.39. The van der Waals surface area contributed by atoms with E-state index in [4.69, 9.17) is 0 Å². The third-order valence-corrected chi connectivity index (χ3v) is 4.56. The summed E-state index contributed by atoms with van der Waals surface area (Å²) in [6.07, 6.45) is 7.66. The molecule has 0 N–H and O–H groups in total. The minimum atomic E-state index is -3.53. The SMILES string of the molecule is CC(C)/C=C/c1ccc2ccn(C)c2c1.CC/C=C/c1ccc2c(c1)OC(F)(F)O2. The Balaban J connectivity index is 0.000000171. The Labute approximate surface area is 176 Å². The van der Waals surface area contributed by atoms with Crippen molar-refractivity contribution in [2.75, 3.05) is 0 Å². The van der Waals surface area contributed by atoms with Crippen molar-refractivity contribution in [3.05, 3.63) is 71.9 Å². The van der Waals surface area contributed by atoms with Gasteiger partial charge in [-0.2, -0.15) is 0 Å². The average Bonchev–Trinajstić information content (AvgIpc) is 3.22. The zero-order valence-electron chi connectivity index (χ0n) is 17.7. The van der Waals surface area contributed by atoms with Crippen LogP contribution in [0.1, 0.15) is 38.3 Å². The molecule has 0 amide bonds. The minimum absolute atomic E-state index is 0.0775. The lowest BCUT2D eigenvalue weighted by molar-refractivity contribution is -0.286. The van der Waals surface area contributed by atoms with E-state index in [1.54, 1.807) is 6.07 Å². The molecule has 0 fully saturated rings. The molecule has 0 spiro atoms. The van der Waals surface area contributed by atoms with E-state index in [1.807, 2.05) is 19.1 Å². The molecule has 3 nitrogen and oxygen atoms in total. The van der Waals surface area contributed by atoms with Crippen LogP contribution in [0.5, 0.6) is 11.5 Å². The molecule has 4 rings (SSSR count). The number of rotatable bonds is 4. The van der Waals surface area contributed by atoms with E-state index < -0.39 is 6.29 Å². The molecular formula is C25H27F2NO2. The standard InChI is InChI=1S/C14H17N.C11H10F2O2/c1-11(2)4-5-12-6-7-13-8-9-15(3)14(13)10-12;1-2-3-4-8-5-6-9-10(7-8)15-11(12,13)14-9/h4-11H,1-3H3;3-7H,2H2,1H3/b5-4+;4-3+. The van der Waals surface area contributed by atoms with Crippen LogP contribution in [-0.2, 0) is 7.05 Å². The zero-order valence-corrected chi connectivity index (χ0v) is 17.7. The van der Waals surface area contributed by atoms with Gasteiger partial charge in [0.25, 0.3) is 0 Å². The van der Waals surface area contributed by atoms with Crippen LogP contribution in [-0.4, -0.2) is 10.9 Å². The van der Waals surface area contributed by atoms with Crippen LogP contribution in [0.4, 0.5) is 8.78 Å². The molecule has 158 valence electrons. The van der Waals surface area contributed by atoms with Crippen molar-refractivity contribution >= 4 is 23.1 Å². The molecule has 0 saturated heterocycles. The van der Waals surface area contributed by atoms with E-state index in [0.29, 0.717) is 5.92 Å². The van der Waals surface area contributed by atoms with Crippen molar-refractivity contribution in [2.45, 2.75) is 33.5 Å². The molecule has 1 aromatic heterocycles. The van der Waals surface area contributed by atoms with E-state index in [2.05, 4.69) is 77.6 Å². The largest absolute Gasteiger partial charge is 0.586 e. The number of benzene rings is 2. The molecule has 2 heterocycles. The molecular weight excluding hydrogens is 384 g/mol. The Morgan fingerprint density at radius 1 is 0.967 bits per heavy atom. The number of hydrogen-bond donors (Lipinski definition) is 0. The van der Waals surface area contributed by atoms with E-state index in [9.17, 15) is 8.78 Å². The van der Waals surface area contributed by atoms with Gasteiger partial charge >= 0.3 is 6.29 Å². The number of ether oxygens (including phenoxy) is 2. The van der Waals surface area contributed by atoms with Crippen LogP contribution >= 0.6 is 0 Å². The fourth-order valence-electron chi connectivity index (χ4n) is 3.01. The highest BCUT2D eigenvalue weighted by molar-refractivity contribution is 5.82. The molecule has 30 heavy (non-hydrogen) atoms. The number of aryl methyl sites for hydroxylation is 1. The highest BCUT2D eigenvalue weighted by Crippen LogP contribution is 2.41. The lowest BCUT2D eigenvalue weighted by Gasteiger charge is -2.04. The van der Waals surface area contributed by atoms with Crippen LogP contribution in [0.2, 0.25) is 0 Å². The average molecular weight is 411 g/mol. The monoisotopic (exact) mass is 411 g/mol. The zero-order chi connectivity index (χ0) is 21.7. The summed E-state index contributed by atoms with van der Waals surface area (Å²) in [5.74, 6) is 0.765. The summed E-state index contributed by atoms with van der Waals surface area (Å²) in [6, 6.07) is 13.4. The van der Waals surface area contributed by atoms with Gasteiger partial charge in [-0.05, 0) is 53.1 Å². The molecule has 1 aliphatic heterocycles. The second kappa shape index (κ2) is 9.16. The van der Waals surface area contributed by atoms with Gasteiger partial charge in [0, 0.05) is 18.8 Å². The smallest absolute Gasteiger partial charge is 0.395 e. The first-order chi connectivity index (χ1) is 14.3. The highest BCUT2D eigenvalue weighted by atomic mass is 19.3. The number of nitrogens with zero attached hydrogens (tertiary/aromatic N) is 1. The first-order valence-electron chi connectivity index (χ1n) is 10.1. The molecule has 0 saturated carbocycles. The Bertz CT molecular complexity index is 1060. The van der Waals surface area contributed by atoms with Gasteiger partial charge in [-0.15, -0.1) is 8.78 Å². The van der Waals surface area contributed by atoms with Crippen molar-refractivity contribution < 1.29 is 18.3 Å². The Kier molecular flexibility index (Phi) is 6.60. The Morgan fingerprint density at radius 2 is 1.67 bits per heavy atom. The Hall–Kier alpha value is -3.08. The molecule has 2 aromatic carbocycles. The summed E-state index contributed by atoms with van der Waals surface area (Å²) < 4.78 is 36.1. The second-order valence-electron chi connectivity index (χ2n) is 7.53. The summed E-state index contributed by atoms with van der Waals surface area (Å²) in [4.78, 5) is 0. The molecule has 0 aliphatic carbocycles. The van der Waals surface area contributed by atoms with Gasteiger partial charge in [0.05, 0.1) is 0 Å². The highest BCUT2D eigenvalue weighted by Gasteiger charge is 2.43. The lowest BCUT2D eigenvalue weighted by Crippen LogP contribution is -2.25. The lowest BCUT2D eigenvalue weighted by atomic mass is 10.1. The molecule has 0 unspecified atom stereocenters. The van der Waals surface area contributed by atoms with Crippen molar-refractivity contribution in [1.82, 2.24) is 4.57 Å². The summed E-state index contributed by atoms with van der Waals surface area (Å²) in [7, 11) is 2.08. The summed E-state index contributed by atoms with van der Waals surface area (Å²) in [5, 5.41) is 1.30. The van der Waals surface area contributed by atoms with Gasteiger partial charge in [-0.3, -0.25) is 0 Å². The molecule has 1 aliphatic rings. The number of fused-ring (bicyclic) bond motifs is 2. The first-order valence-corrected chi connectivity index (χ1v) is 10.1. The molecule has 0 bridgehead atoms. The van der Waals surface area contributed by atoms with E-state index in [0.717, 1.165) is 12.0 Å². The van der Waals surface area contributed by atoms with Crippen molar-refractivity contribution in [2.24, 2.45) is 13.0 Å². The summed E-state index contributed by atoms with van der Waals surface area (Å²) >= 11 is 0. The number of allylic oxidation sites excluding steroid dienone is 2. The van der Waals surface area contributed by atoms with Crippen LogP contribution in [0.3, 0.4) is 0 Å². The molecule has 0 atom stereocenters. The predicted molar refractivity (Wildman–Crippen MR) is 119 cm³/mol. The Morgan fingerprint density at radius 3 is 2.40 bits per heavy atom. The number of alkyl halides is 2. The van der Waals surface area contributed by atoms with E-state index in [1.165, 1.54) is 28.6 Å². The van der Waals surface area contributed by atoms with Crippen LogP contribution in [0.15, 0.2) is 60.8 Å². The third kappa shape index (κ3) is 5.50. The van der Waals surface area contributed by atoms with Gasteiger partial charge in [0.2, 0.25) is 0 Å². The molecule has 0 radical (unpaired) electrons. The van der Waals surface area contributed by atoms with Crippen LogP contribution in [0.25, 0.3) is 23.1 Å². The minimum Gasteiger partial charge on any atom is -0.395 e.